The van der Waals surface area contributed by atoms with Crippen molar-refractivity contribution < 1.29 is 45.3 Å². The van der Waals surface area contributed by atoms with E-state index in [0.29, 0.717) is 5.69 Å². The minimum absolute atomic E-state index is 0.0101. The topological polar surface area (TPSA) is 194 Å². The van der Waals surface area contributed by atoms with Gasteiger partial charge in [-0.25, -0.2) is 0 Å². The number of carboxylic acid groups (broad SMARTS) is 1. The number of aliphatic hydroxyl groups is 6. The van der Waals surface area contributed by atoms with Crippen molar-refractivity contribution in [3.05, 3.63) is 23.8 Å². The Balaban J connectivity index is 2.89. The monoisotopic (exact) mass is 390 g/mol. The molecule has 5 atom stereocenters. The summed E-state index contributed by atoms with van der Waals surface area (Å²) < 4.78 is 5.52. The second kappa shape index (κ2) is 11.9. The fourth-order valence-corrected chi connectivity index (χ4v) is 2.23. The smallest absolute Gasteiger partial charge is 0.303 e. The first kappa shape index (κ1) is 23.3. The van der Waals surface area contributed by atoms with Crippen LogP contribution in [0.1, 0.15) is 30.3 Å². The van der Waals surface area contributed by atoms with Crippen molar-refractivity contribution in [1.29, 1.82) is 0 Å². The van der Waals surface area contributed by atoms with Gasteiger partial charge in [-0.15, -0.1) is 0 Å². The molecule has 0 unspecified atom stereocenters. The number of hydrogen-bond acceptors (Lipinski definition) is 10. The Morgan fingerprint density at radius 3 is 2.11 bits per heavy atom. The molecule has 7 N–H and O–H groups in total. The molecule has 0 radical (unpaired) electrons. The van der Waals surface area contributed by atoms with Crippen LogP contribution in [0.4, 0.5) is 0 Å². The van der Waals surface area contributed by atoms with Crippen LogP contribution in [-0.4, -0.2) is 95.9 Å². The number of nitrogens with zero attached hydrogens (tertiary/aromatic N) is 2. The maximum atomic E-state index is 10.8. The van der Waals surface area contributed by atoms with Gasteiger partial charge < -0.3 is 40.5 Å². The Hall–Kier alpha value is -1.73. The molecule has 27 heavy (non-hydrogen) atoms. The van der Waals surface area contributed by atoms with Crippen molar-refractivity contribution in [2.24, 2.45) is 0 Å². The molecule has 0 bridgehead atoms. The first-order valence-electron chi connectivity index (χ1n) is 8.37. The third-order valence-electron chi connectivity index (χ3n) is 3.86. The van der Waals surface area contributed by atoms with Crippen molar-refractivity contribution in [3.8, 4) is 0 Å². The highest BCUT2D eigenvalue weighted by molar-refractivity contribution is 5.66. The first-order chi connectivity index (χ1) is 12.8. The van der Waals surface area contributed by atoms with Gasteiger partial charge in [0.25, 0.3) is 0 Å². The Labute approximate surface area is 155 Å². The second-order valence-corrected chi connectivity index (χ2v) is 5.98. The van der Waals surface area contributed by atoms with Crippen LogP contribution in [0.15, 0.2) is 12.4 Å². The van der Waals surface area contributed by atoms with E-state index in [1.807, 2.05) is 0 Å². The summed E-state index contributed by atoms with van der Waals surface area (Å²) in [6, 6.07) is 0. The van der Waals surface area contributed by atoms with Gasteiger partial charge in [0, 0.05) is 19.0 Å². The summed E-state index contributed by atoms with van der Waals surface area (Å²) in [4.78, 5) is 19.0. The average Bonchev–Trinajstić information content (AvgIpc) is 2.67. The summed E-state index contributed by atoms with van der Waals surface area (Å²) >= 11 is 0. The van der Waals surface area contributed by atoms with Crippen molar-refractivity contribution in [1.82, 2.24) is 9.97 Å². The fourth-order valence-electron chi connectivity index (χ4n) is 2.23. The molecular weight excluding hydrogens is 364 g/mol. The minimum atomic E-state index is -1.36. The molecule has 11 heteroatoms. The van der Waals surface area contributed by atoms with Crippen molar-refractivity contribution >= 4 is 5.97 Å². The number of hydrogen-bond donors (Lipinski definition) is 7. The Morgan fingerprint density at radius 2 is 1.63 bits per heavy atom. The first-order valence-corrected chi connectivity index (χ1v) is 8.37. The highest BCUT2D eigenvalue weighted by Gasteiger charge is 2.26. The normalized spacial score (nSPS) is 17.1. The average molecular weight is 390 g/mol. The maximum Gasteiger partial charge on any atom is 0.303 e. The van der Waals surface area contributed by atoms with E-state index in [9.17, 15) is 25.2 Å². The maximum absolute atomic E-state index is 10.8. The molecule has 154 valence electrons. The van der Waals surface area contributed by atoms with E-state index in [0.717, 1.165) is 0 Å². The molecular formula is C16H26N2O9. The molecule has 0 aliphatic rings. The van der Waals surface area contributed by atoms with E-state index in [1.54, 1.807) is 0 Å². The Bertz CT molecular complexity index is 557. The molecule has 0 aromatic carbocycles. The van der Waals surface area contributed by atoms with Gasteiger partial charge in [0.1, 0.15) is 24.4 Å². The van der Waals surface area contributed by atoms with Gasteiger partial charge in [-0.3, -0.25) is 14.8 Å². The van der Waals surface area contributed by atoms with Crippen molar-refractivity contribution in [2.45, 2.75) is 49.8 Å². The lowest BCUT2D eigenvalue weighted by molar-refractivity contribution is -0.140. The zero-order chi connectivity index (χ0) is 20.4. The third kappa shape index (κ3) is 7.81. The number of aliphatic hydroxyl groups excluding tert-OH is 6. The molecule has 0 spiro atoms. The fraction of sp³-hybridized carbons (Fsp3) is 0.688. The molecule has 1 aromatic rings. The molecule has 0 saturated heterocycles. The van der Waals surface area contributed by atoms with Crippen LogP contribution >= 0.6 is 0 Å². The van der Waals surface area contributed by atoms with Crippen LogP contribution < -0.4 is 0 Å². The molecule has 0 aliphatic carbocycles. The minimum Gasteiger partial charge on any atom is -0.481 e. The van der Waals surface area contributed by atoms with Gasteiger partial charge in [-0.05, 0) is 6.42 Å². The van der Waals surface area contributed by atoms with E-state index in [4.69, 9.17) is 20.1 Å². The van der Waals surface area contributed by atoms with Crippen LogP contribution in [0, 0.1) is 0 Å². The molecule has 1 heterocycles. The summed E-state index contributed by atoms with van der Waals surface area (Å²) in [5.41, 5.74) is 0.561. The largest absolute Gasteiger partial charge is 0.481 e. The standard InChI is InChI=1S/C16H26N2O9/c19-6-12(23)11(22)3-9-4-18-10(5-17-9)14(1-2-16(25)26)27-15(8-21)13(24)7-20/h4-5,11-15,19-24H,1-3,6-8H2,(H,25,26)/t11-,12+,13+,14+,15+/m0/s1. The lowest BCUT2D eigenvalue weighted by Crippen LogP contribution is -2.36. The number of aliphatic carboxylic acids is 1. The van der Waals surface area contributed by atoms with Crippen LogP contribution in [-0.2, 0) is 16.0 Å². The molecule has 0 amide bonds. The van der Waals surface area contributed by atoms with Gasteiger partial charge in [0.15, 0.2) is 0 Å². The second-order valence-electron chi connectivity index (χ2n) is 5.98. The number of aromatic nitrogens is 2. The van der Waals surface area contributed by atoms with Gasteiger partial charge >= 0.3 is 5.97 Å². The highest BCUT2D eigenvalue weighted by atomic mass is 16.5. The summed E-state index contributed by atoms with van der Waals surface area (Å²) in [5.74, 6) is -1.07. The summed E-state index contributed by atoms with van der Waals surface area (Å²) in [5, 5.41) is 64.7. The SMILES string of the molecule is O=C(O)CC[C@@H](O[C@H](CO)[C@H](O)CO)c1cnc(C[C@H](O)[C@H](O)CO)cn1. The third-order valence-corrected chi connectivity index (χ3v) is 3.86. The zero-order valence-corrected chi connectivity index (χ0v) is 14.6. The molecule has 0 saturated carbocycles. The number of ether oxygens (including phenoxy) is 1. The summed E-state index contributed by atoms with van der Waals surface area (Å²) in [6.45, 7) is -1.85. The van der Waals surface area contributed by atoms with Crippen LogP contribution in [0.25, 0.3) is 0 Å². The van der Waals surface area contributed by atoms with Crippen LogP contribution in [0.5, 0.6) is 0 Å². The lowest BCUT2D eigenvalue weighted by atomic mass is 10.1. The molecule has 0 aliphatic heterocycles. The Morgan fingerprint density at radius 1 is 0.963 bits per heavy atom. The van der Waals surface area contributed by atoms with E-state index >= 15 is 0 Å². The van der Waals surface area contributed by atoms with Gasteiger partial charge in [-0.2, -0.15) is 0 Å². The number of carbonyl (C=O) groups is 1. The molecule has 1 aromatic heterocycles. The lowest BCUT2D eigenvalue weighted by Gasteiger charge is -2.25. The van der Waals surface area contributed by atoms with Gasteiger partial charge in [-0.1, -0.05) is 0 Å². The predicted octanol–water partition coefficient (Wildman–Crippen LogP) is -2.63. The summed E-state index contributed by atoms with van der Waals surface area (Å²) in [6.07, 6.45) is -3.69. The molecule has 0 fully saturated rings. The summed E-state index contributed by atoms with van der Waals surface area (Å²) in [7, 11) is 0. The quantitative estimate of drug-likeness (QED) is 0.186. The predicted molar refractivity (Wildman–Crippen MR) is 89.5 cm³/mol. The Kier molecular flexibility index (Phi) is 10.3. The molecule has 11 nitrogen and oxygen atoms in total. The molecule has 1 rings (SSSR count). The van der Waals surface area contributed by atoms with E-state index < -0.39 is 56.3 Å². The van der Waals surface area contributed by atoms with E-state index in [2.05, 4.69) is 9.97 Å². The number of rotatable bonds is 13. The van der Waals surface area contributed by atoms with Gasteiger partial charge in [0.05, 0.1) is 43.5 Å². The van der Waals surface area contributed by atoms with Crippen molar-refractivity contribution in [3.63, 3.8) is 0 Å². The van der Waals surface area contributed by atoms with E-state index in [-0.39, 0.29) is 25.0 Å². The van der Waals surface area contributed by atoms with Gasteiger partial charge in [0.2, 0.25) is 0 Å². The highest BCUT2D eigenvalue weighted by Crippen LogP contribution is 2.23. The van der Waals surface area contributed by atoms with Crippen molar-refractivity contribution in [2.75, 3.05) is 19.8 Å². The number of carboxylic acids is 1. The van der Waals surface area contributed by atoms with Crippen LogP contribution in [0.2, 0.25) is 0 Å². The van der Waals surface area contributed by atoms with Crippen LogP contribution in [0.3, 0.4) is 0 Å². The zero-order valence-electron chi connectivity index (χ0n) is 14.6. The van der Waals surface area contributed by atoms with E-state index in [1.165, 1.54) is 12.4 Å².